The fraction of sp³-hybridized carbons (Fsp3) is 0. The van der Waals surface area contributed by atoms with E-state index in [1.54, 1.807) is 0 Å². The van der Waals surface area contributed by atoms with Gasteiger partial charge in [-0.3, -0.25) is 0 Å². The molecule has 0 unspecified atom stereocenters. The van der Waals surface area contributed by atoms with E-state index in [0.29, 0.717) is 0 Å². The van der Waals surface area contributed by atoms with E-state index in [1.807, 2.05) is 12.1 Å². The van der Waals surface area contributed by atoms with Crippen LogP contribution in [0.5, 0.6) is 0 Å². The number of benzene rings is 8. The summed E-state index contributed by atoms with van der Waals surface area (Å²) in [4.78, 5) is 0. The first-order valence-electron chi connectivity index (χ1n) is 17.4. The SMILES string of the molecule is c1ccc(-c2ccc(-c3ccccc3)c(-c3cc4c5ccc6c7ccccc7oc6c5n5c4c(c3)c3ccc4c6ccccc6oc4c35)c2)cc1. The lowest BCUT2D eigenvalue weighted by molar-refractivity contribution is 0.670. The number of hydrogen-bond donors (Lipinski definition) is 0. The summed E-state index contributed by atoms with van der Waals surface area (Å²) in [5.41, 5.74) is 14.1. The van der Waals surface area contributed by atoms with Crippen molar-refractivity contribution in [3.8, 4) is 33.4 Å². The Morgan fingerprint density at radius 3 is 1.39 bits per heavy atom. The van der Waals surface area contributed by atoms with Crippen LogP contribution in [0, 0.1) is 0 Å². The second-order valence-electron chi connectivity index (χ2n) is 13.6. The Morgan fingerprint density at radius 1 is 0.294 bits per heavy atom. The average molecular weight is 650 g/mol. The van der Waals surface area contributed by atoms with Gasteiger partial charge >= 0.3 is 0 Å². The van der Waals surface area contributed by atoms with E-state index < -0.39 is 0 Å². The second kappa shape index (κ2) is 9.87. The van der Waals surface area contributed by atoms with E-state index in [2.05, 4.69) is 156 Å². The van der Waals surface area contributed by atoms with Crippen molar-refractivity contribution in [2.24, 2.45) is 0 Å². The Hall–Kier alpha value is -6.84. The van der Waals surface area contributed by atoms with E-state index in [0.717, 1.165) is 54.9 Å². The van der Waals surface area contributed by atoms with Gasteiger partial charge in [0, 0.05) is 43.1 Å². The van der Waals surface area contributed by atoms with Crippen molar-refractivity contribution in [1.29, 1.82) is 0 Å². The van der Waals surface area contributed by atoms with Gasteiger partial charge in [-0.05, 0) is 75.8 Å². The standard InChI is InChI=1S/C48H27NO2/c1-3-11-28(12-4-1)30-19-20-32(29-13-5-2-6-14-29)39(25-30)31-26-40-35-21-23-37-33-15-7-9-17-42(33)50-47(37)45(35)49-44(40)41(27-31)36-22-24-38-34-16-8-10-18-43(34)51-48(38)46(36)49/h1-27H. The molecule has 0 bridgehead atoms. The normalized spacial score (nSPS) is 12.3. The third kappa shape index (κ3) is 3.62. The predicted octanol–water partition coefficient (Wildman–Crippen LogP) is 13.6. The molecule has 51 heavy (non-hydrogen) atoms. The molecule has 0 radical (unpaired) electrons. The Bertz CT molecular complexity index is 3190. The maximum atomic E-state index is 6.75. The molecule has 4 heterocycles. The molecule has 0 fully saturated rings. The Labute approximate surface area is 291 Å². The summed E-state index contributed by atoms with van der Waals surface area (Å²) in [5.74, 6) is 0. The first kappa shape index (κ1) is 27.0. The summed E-state index contributed by atoms with van der Waals surface area (Å²) in [6.07, 6.45) is 0. The summed E-state index contributed by atoms with van der Waals surface area (Å²) >= 11 is 0. The van der Waals surface area contributed by atoms with Crippen LogP contribution in [0.4, 0.5) is 0 Å². The van der Waals surface area contributed by atoms with E-state index in [-0.39, 0.29) is 0 Å². The lowest BCUT2D eigenvalue weighted by Crippen LogP contribution is -1.88. The maximum Gasteiger partial charge on any atom is 0.160 e. The molecule has 0 aliphatic rings. The van der Waals surface area contributed by atoms with Crippen LogP contribution in [0.2, 0.25) is 0 Å². The molecule has 236 valence electrons. The van der Waals surface area contributed by atoms with Gasteiger partial charge in [-0.1, -0.05) is 121 Å². The average Bonchev–Trinajstić information content (AvgIpc) is 3.94. The highest BCUT2D eigenvalue weighted by Gasteiger charge is 2.26. The minimum absolute atomic E-state index is 0.893. The molecule has 3 nitrogen and oxygen atoms in total. The van der Waals surface area contributed by atoms with Gasteiger partial charge in [0.25, 0.3) is 0 Å². The van der Waals surface area contributed by atoms with Crippen LogP contribution in [0.15, 0.2) is 173 Å². The van der Waals surface area contributed by atoms with Crippen LogP contribution in [0.3, 0.4) is 0 Å². The van der Waals surface area contributed by atoms with Crippen molar-refractivity contribution in [3.05, 3.63) is 164 Å². The fourth-order valence-corrected chi connectivity index (χ4v) is 8.67. The number of rotatable bonds is 3. The number of hydrogen-bond acceptors (Lipinski definition) is 2. The van der Waals surface area contributed by atoms with E-state index >= 15 is 0 Å². The Balaban J connectivity index is 1.28. The van der Waals surface area contributed by atoms with E-state index in [1.165, 1.54) is 60.4 Å². The van der Waals surface area contributed by atoms with Gasteiger partial charge < -0.3 is 13.2 Å². The lowest BCUT2D eigenvalue weighted by atomic mass is 9.89. The largest absolute Gasteiger partial charge is 0.454 e. The van der Waals surface area contributed by atoms with Gasteiger partial charge in [-0.25, -0.2) is 0 Å². The molecule has 0 saturated heterocycles. The number of para-hydroxylation sites is 2. The highest BCUT2D eigenvalue weighted by atomic mass is 16.3. The molecule has 12 aromatic rings. The molecule has 4 aromatic heterocycles. The maximum absolute atomic E-state index is 6.75. The van der Waals surface area contributed by atoms with Gasteiger partial charge in [0.15, 0.2) is 11.2 Å². The summed E-state index contributed by atoms with van der Waals surface area (Å²) in [6.45, 7) is 0. The third-order valence-corrected chi connectivity index (χ3v) is 10.9. The molecule has 0 N–H and O–H groups in total. The Morgan fingerprint density at radius 2 is 0.804 bits per heavy atom. The fourth-order valence-electron chi connectivity index (χ4n) is 8.67. The van der Waals surface area contributed by atoms with Crippen molar-refractivity contribution in [2.75, 3.05) is 0 Å². The summed E-state index contributed by atoms with van der Waals surface area (Å²) in [6, 6.07) is 58.8. The van der Waals surface area contributed by atoms with Crippen LogP contribution >= 0.6 is 0 Å². The van der Waals surface area contributed by atoms with Gasteiger partial charge in [-0.2, -0.15) is 0 Å². The molecule has 0 spiro atoms. The van der Waals surface area contributed by atoms with Crippen LogP contribution in [0.1, 0.15) is 0 Å². The van der Waals surface area contributed by atoms with Gasteiger partial charge in [0.2, 0.25) is 0 Å². The third-order valence-electron chi connectivity index (χ3n) is 10.9. The molecular formula is C48H27NO2. The molecule has 12 rings (SSSR count). The summed E-state index contributed by atoms with van der Waals surface area (Å²) in [5, 5.41) is 9.21. The minimum Gasteiger partial charge on any atom is -0.454 e. The van der Waals surface area contributed by atoms with Crippen LogP contribution < -0.4 is 0 Å². The van der Waals surface area contributed by atoms with E-state index in [4.69, 9.17) is 8.83 Å². The molecule has 0 aliphatic carbocycles. The zero-order valence-corrected chi connectivity index (χ0v) is 27.4. The van der Waals surface area contributed by atoms with Crippen molar-refractivity contribution in [3.63, 3.8) is 0 Å². The second-order valence-corrected chi connectivity index (χ2v) is 13.6. The number of furan rings is 2. The minimum atomic E-state index is 0.893. The lowest BCUT2D eigenvalue weighted by Gasteiger charge is -2.14. The molecule has 0 aliphatic heterocycles. The van der Waals surface area contributed by atoms with Crippen molar-refractivity contribution in [1.82, 2.24) is 4.40 Å². The van der Waals surface area contributed by atoms with Crippen molar-refractivity contribution >= 4 is 82.0 Å². The quantitative estimate of drug-likeness (QED) is 0.191. The first-order valence-corrected chi connectivity index (χ1v) is 17.4. The van der Waals surface area contributed by atoms with Crippen LogP contribution in [-0.2, 0) is 0 Å². The molecule has 8 aromatic carbocycles. The number of nitrogens with zero attached hydrogens (tertiary/aromatic N) is 1. The number of fused-ring (bicyclic) bond motifs is 14. The Kier molecular flexibility index (Phi) is 5.23. The smallest absolute Gasteiger partial charge is 0.160 e. The monoisotopic (exact) mass is 649 g/mol. The van der Waals surface area contributed by atoms with Crippen LogP contribution in [0.25, 0.3) is 115 Å². The highest BCUT2D eigenvalue weighted by molar-refractivity contribution is 6.32. The molecule has 0 atom stereocenters. The molecule has 0 amide bonds. The summed E-state index contributed by atoms with van der Waals surface area (Å²) in [7, 11) is 0. The zero-order valence-electron chi connectivity index (χ0n) is 27.4. The molecular weight excluding hydrogens is 623 g/mol. The molecule has 3 heteroatoms. The predicted molar refractivity (Wildman–Crippen MR) is 212 cm³/mol. The van der Waals surface area contributed by atoms with Crippen molar-refractivity contribution in [2.45, 2.75) is 0 Å². The first-order chi connectivity index (χ1) is 25.3. The number of aromatic nitrogens is 1. The molecule has 0 saturated carbocycles. The van der Waals surface area contributed by atoms with Crippen molar-refractivity contribution < 1.29 is 8.83 Å². The van der Waals surface area contributed by atoms with E-state index in [9.17, 15) is 0 Å². The van der Waals surface area contributed by atoms with Crippen LogP contribution in [-0.4, -0.2) is 4.40 Å². The summed E-state index contributed by atoms with van der Waals surface area (Å²) < 4.78 is 15.9. The van der Waals surface area contributed by atoms with Gasteiger partial charge in [0.05, 0.1) is 16.6 Å². The van der Waals surface area contributed by atoms with Gasteiger partial charge in [-0.15, -0.1) is 0 Å². The van der Waals surface area contributed by atoms with Gasteiger partial charge in [0.1, 0.15) is 11.2 Å². The highest BCUT2D eigenvalue weighted by Crippen LogP contribution is 2.48. The zero-order chi connectivity index (χ0) is 33.2. The topological polar surface area (TPSA) is 30.7 Å².